The van der Waals surface area contributed by atoms with Gasteiger partial charge in [-0.1, -0.05) is 13.8 Å². The van der Waals surface area contributed by atoms with Crippen molar-refractivity contribution in [2.45, 2.75) is 57.7 Å². The van der Waals surface area contributed by atoms with Gasteiger partial charge in [0.2, 0.25) is 0 Å². The number of rotatable bonds is 5. The Balaban J connectivity index is 5.11. The van der Waals surface area contributed by atoms with Gasteiger partial charge in [0.05, 0.1) is 5.60 Å². The summed E-state index contributed by atoms with van der Waals surface area (Å²) in [7, 11) is 0. The zero-order valence-electron chi connectivity index (χ0n) is 9.17. The van der Waals surface area contributed by atoms with Gasteiger partial charge in [-0.05, 0) is 19.8 Å². The van der Waals surface area contributed by atoms with E-state index in [1.54, 1.807) is 0 Å². The van der Waals surface area contributed by atoms with Gasteiger partial charge in [-0.3, -0.25) is 0 Å². The second-order valence-electron chi connectivity index (χ2n) is 3.70. The number of hydrogen-bond acceptors (Lipinski definition) is 1. The largest absolute Gasteiger partial charge is 0.454 e. The minimum Gasteiger partial charge on any atom is -0.328 e. The summed E-state index contributed by atoms with van der Waals surface area (Å²) in [4.78, 5) is 0. The number of ether oxygens (including phenoxy) is 1. The smallest absolute Gasteiger partial charge is 0.328 e. The van der Waals surface area contributed by atoms with Crippen LogP contribution in [-0.4, -0.2) is 24.1 Å². The van der Waals surface area contributed by atoms with Gasteiger partial charge in [0.1, 0.15) is 0 Å². The molecule has 0 rings (SSSR count). The molecule has 7 heteroatoms. The Labute approximate surface area is 89.8 Å². The lowest BCUT2D eigenvalue weighted by molar-refractivity contribution is -0.394. The van der Waals surface area contributed by atoms with E-state index in [0.29, 0.717) is 0 Å². The molecule has 0 saturated carbocycles. The van der Waals surface area contributed by atoms with Gasteiger partial charge in [0, 0.05) is 0 Å². The molecule has 0 aliphatic heterocycles. The first-order valence-electron chi connectivity index (χ1n) is 4.76. The Morgan fingerprint density at radius 1 is 1.00 bits per heavy atom. The fourth-order valence-electron chi connectivity index (χ4n) is 0.979. The maximum atomic E-state index is 13.2. The van der Waals surface area contributed by atoms with Crippen LogP contribution in [0.3, 0.4) is 0 Å². The van der Waals surface area contributed by atoms with E-state index >= 15 is 0 Å². The standard InChI is InChI=1S/C9H14F6O/c1-4-7(3,5-2)16-8(12,6(10)11)9(13,14)15/h6H,4-5H2,1-3H3. The van der Waals surface area contributed by atoms with Crippen LogP contribution in [-0.2, 0) is 4.74 Å². The molecule has 0 N–H and O–H groups in total. The molecular weight excluding hydrogens is 238 g/mol. The van der Waals surface area contributed by atoms with Gasteiger partial charge in [0.25, 0.3) is 0 Å². The van der Waals surface area contributed by atoms with Crippen LogP contribution >= 0.6 is 0 Å². The Kier molecular flexibility index (Phi) is 4.67. The third-order valence-corrected chi connectivity index (χ3v) is 2.56. The van der Waals surface area contributed by atoms with Gasteiger partial charge in [-0.2, -0.15) is 17.6 Å². The van der Waals surface area contributed by atoms with E-state index < -0.39 is 24.1 Å². The molecule has 98 valence electrons. The summed E-state index contributed by atoms with van der Waals surface area (Å²) in [5.41, 5.74) is -1.57. The molecule has 0 aromatic carbocycles. The topological polar surface area (TPSA) is 9.23 Å². The second kappa shape index (κ2) is 4.81. The Bertz CT molecular complexity index is 223. The van der Waals surface area contributed by atoms with Crippen molar-refractivity contribution in [2.24, 2.45) is 0 Å². The third-order valence-electron chi connectivity index (χ3n) is 2.56. The first-order chi connectivity index (χ1) is 7.02. The Morgan fingerprint density at radius 3 is 1.56 bits per heavy atom. The van der Waals surface area contributed by atoms with E-state index in [-0.39, 0.29) is 12.8 Å². The van der Waals surface area contributed by atoms with Crippen molar-refractivity contribution in [2.75, 3.05) is 0 Å². The molecule has 0 aliphatic rings. The molecule has 1 unspecified atom stereocenters. The van der Waals surface area contributed by atoms with E-state index in [1.807, 2.05) is 0 Å². The average Bonchev–Trinajstić information content (AvgIpc) is 2.15. The maximum absolute atomic E-state index is 13.2. The van der Waals surface area contributed by atoms with Crippen molar-refractivity contribution in [3.8, 4) is 0 Å². The lowest BCUT2D eigenvalue weighted by atomic mass is 9.99. The summed E-state index contributed by atoms with van der Waals surface area (Å²) in [5.74, 6) is -4.91. The highest BCUT2D eigenvalue weighted by Gasteiger charge is 2.66. The zero-order valence-corrected chi connectivity index (χ0v) is 9.17. The highest BCUT2D eigenvalue weighted by Crippen LogP contribution is 2.43. The van der Waals surface area contributed by atoms with Gasteiger partial charge in [-0.15, -0.1) is 0 Å². The molecule has 0 spiro atoms. The summed E-state index contributed by atoms with van der Waals surface area (Å²) in [6, 6.07) is 0. The Hall–Kier alpha value is -0.460. The van der Waals surface area contributed by atoms with Crippen molar-refractivity contribution >= 4 is 0 Å². The molecule has 1 nitrogen and oxygen atoms in total. The lowest BCUT2D eigenvalue weighted by Gasteiger charge is -2.36. The van der Waals surface area contributed by atoms with Crippen LogP contribution in [0.4, 0.5) is 26.3 Å². The van der Waals surface area contributed by atoms with E-state index in [4.69, 9.17) is 0 Å². The number of alkyl halides is 6. The highest BCUT2D eigenvalue weighted by molar-refractivity contribution is 4.85. The molecule has 0 aromatic rings. The minimum atomic E-state index is -5.76. The lowest BCUT2D eigenvalue weighted by Crippen LogP contribution is -2.54. The quantitative estimate of drug-likeness (QED) is 0.670. The van der Waals surface area contributed by atoms with E-state index in [1.165, 1.54) is 13.8 Å². The van der Waals surface area contributed by atoms with Gasteiger partial charge in [-0.25, -0.2) is 8.78 Å². The maximum Gasteiger partial charge on any atom is 0.454 e. The fourth-order valence-corrected chi connectivity index (χ4v) is 0.979. The molecule has 0 aliphatic carbocycles. The average molecular weight is 252 g/mol. The van der Waals surface area contributed by atoms with Gasteiger partial charge < -0.3 is 4.74 Å². The molecule has 0 aromatic heterocycles. The van der Waals surface area contributed by atoms with Crippen LogP contribution in [0.2, 0.25) is 0 Å². The molecule has 0 bridgehead atoms. The molecule has 0 radical (unpaired) electrons. The third kappa shape index (κ3) is 3.02. The van der Waals surface area contributed by atoms with Crippen LogP contribution in [0.5, 0.6) is 0 Å². The molecule has 1 atom stereocenters. The van der Waals surface area contributed by atoms with Crippen LogP contribution < -0.4 is 0 Å². The molecule has 16 heavy (non-hydrogen) atoms. The highest BCUT2D eigenvalue weighted by atomic mass is 19.4. The van der Waals surface area contributed by atoms with E-state index in [0.717, 1.165) is 6.92 Å². The van der Waals surface area contributed by atoms with Gasteiger partial charge in [0.15, 0.2) is 0 Å². The van der Waals surface area contributed by atoms with E-state index in [9.17, 15) is 26.3 Å². The van der Waals surface area contributed by atoms with Gasteiger partial charge >= 0.3 is 18.5 Å². The summed E-state index contributed by atoms with van der Waals surface area (Å²) in [5, 5.41) is 0. The van der Waals surface area contributed by atoms with Crippen LogP contribution in [0, 0.1) is 0 Å². The first kappa shape index (κ1) is 15.5. The van der Waals surface area contributed by atoms with Crippen LogP contribution in [0.15, 0.2) is 0 Å². The Morgan fingerprint density at radius 2 is 1.38 bits per heavy atom. The van der Waals surface area contributed by atoms with Crippen molar-refractivity contribution in [3.05, 3.63) is 0 Å². The number of hydrogen-bond donors (Lipinski definition) is 0. The first-order valence-corrected chi connectivity index (χ1v) is 4.76. The molecule has 0 heterocycles. The predicted molar refractivity (Wildman–Crippen MR) is 46.0 cm³/mol. The van der Waals surface area contributed by atoms with Crippen LogP contribution in [0.25, 0.3) is 0 Å². The fraction of sp³-hybridized carbons (Fsp3) is 1.00. The van der Waals surface area contributed by atoms with Crippen molar-refractivity contribution in [1.29, 1.82) is 0 Å². The molecular formula is C9H14F6O. The van der Waals surface area contributed by atoms with E-state index in [2.05, 4.69) is 4.74 Å². The molecule has 0 fully saturated rings. The summed E-state index contributed by atoms with van der Waals surface area (Å²) in [6.45, 7) is 4.03. The second-order valence-corrected chi connectivity index (χ2v) is 3.70. The van der Waals surface area contributed by atoms with Crippen LogP contribution in [0.1, 0.15) is 33.6 Å². The summed E-state index contributed by atoms with van der Waals surface area (Å²) in [6.07, 6.45) is -10.0. The van der Waals surface area contributed by atoms with Crippen molar-refractivity contribution in [3.63, 3.8) is 0 Å². The minimum absolute atomic E-state index is 0.00201. The number of halogens is 6. The summed E-state index contributed by atoms with van der Waals surface area (Å²) < 4.78 is 78.1. The SMILES string of the molecule is CCC(C)(CC)OC(F)(C(F)F)C(F)(F)F. The normalized spacial score (nSPS) is 17.6. The monoisotopic (exact) mass is 252 g/mol. The van der Waals surface area contributed by atoms with Crippen molar-refractivity contribution in [1.82, 2.24) is 0 Å². The predicted octanol–water partition coefficient (Wildman–Crippen LogP) is 4.07. The molecule has 0 amide bonds. The molecule has 0 saturated heterocycles. The summed E-state index contributed by atoms with van der Waals surface area (Å²) >= 11 is 0. The zero-order chi connectivity index (χ0) is 13.2. The van der Waals surface area contributed by atoms with Crippen molar-refractivity contribution < 1.29 is 31.1 Å².